The van der Waals surface area contributed by atoms with Crippen LogP contribution in [0.2, 0.25) is 5.28 Å². The first kappa shape index (κ1) is 20.1. The van der Waals surface area contributed by atoms with Gasteiger partial charge in [0.1, 0.15) is 11.2 Å². The molecule has 4 heterocycles. The number of rotatable bonds is 5. The van der Waals surface area contributed by atoms with Crippen molar-refractivity contribution in [1.29, 1.82) is 0 Å². The average molecular weight is 447 g/mol. The number of nitrogens with zero attached hydrogens (tertiary/aromatic N) is 6. The summed E-state index contributed by atoms with van der Waals surface area (Å²) in [6.45, 7) is 1.93. The van der Waals surface area contributed by atoms with Gasteiger partial charge in [-0.15, -0.1) is 0 Å². The normalized spacial score (nSPS) is 26.1. The predicted molar refractivity (Wildman–Crippen MR) is 127 cm³/mol. The summed E-state index contributed by atoms with van der Waals surface area (Å²) in [5.74, 6) is 0.585. The van der Waals surface area contributed by atoms with Crippen molar-refractivity contribution < 1.29 is 0 Å². The van der Waals surface area contributed by atoms with Gasteiger partial charge in [0.15, 0.2) is 11.3 Å². The molecule has 2 aromatic heterocycles. The summed E-state index contributed by atoms with van der Waals surface area (Å²) in [4.78, 5) is 21.5. The predicted octanol–water partition coefficient (Wildman–Crippen LogP) is 4.95. The van der Waals surface area contributed by atoms with Gasteiger partial charge in [-0.2, -0.15) is 4.98 Å². The van der Waals surface area contributed by atoms with Crippen LogP contribution in [0.5, 0.6) is 0 Å². The molecule has 2 fully saturated rings. The van der Waals surface area contributed by atoms with Crippen molar-refractivity contribution in [3.05, 3.63) is 65.4 Å². The van der Waals surface area contributed by atoms with Crippen LogP contribution in [0.25, 0.3) is 11.2 Å². The lowest BCUT2D eigenvalue weighted by atomic mass is 9.98. The van der Waals surface area contributed by atoms with Crippen LogP contribution in [-0.4, -0.2) is 43.7 Å². The maximum absolute atomic E-state index is 6.48. The van der Waals surface area contributed by atoms with Crippen molar-refractivity contribution in [2.45, 2.75) is 50.2 Å². The van der Waals surface area contributed by atoms with Crippen LogP contribution in [0, 0.1) is 5.92 Å². The third kappa shape index (κ3) is 3.37. The zero-order valence-corrected chi connectivity index (χ0v) is 18.8. The van der Waals surface area contributed by atoms with E-state index in [1.807, 2.05) is 18.6 Å². The summed E-state index contributed by atoms with van der Waals surface area (Å²) in [5.41, 5.74) is 3.18. The van der Waals surface area contributed by atoms with Crippen LogP contribution in [-0.2, 0) is 12.1 Å². The van der Waals surface area contributed by atoms with Gasteiger partial charge in [-0.25, -0.2) is 9.97 Å². The first-order chi connectivity index (χ1) is 15.7. The second kappa shape index (κ2) is 8.09. The second-order valence-corrected chi connectivity index (χ2v) is 9.60. The van der Waals surface area contributed by atoms with Crippen LogP contribution >= 0.6 is 11.6 Å². The molecule has 6 nitrogen and oxygen atoms in total. The molecule has 1 saturated carbocycles. The number of likely N-dealkylation sites (tertiary alicyclic amines) is 1. The van der Waals surface area contributed by atoms with E-state index in [9.17, 15) is 0 Å². The molecule has 7 heteroatoms. The minimum atomic E-state index is -0.662. The third-order valence-corrected chi connectivity index (χ3v) is 7.45. The van der Waals surface area contributed by atoms with Crippen molar-refractivity contribution in [1.82, 2.24) is 24.4 Å². The molecule has 3 aromatic rings. The summed E-state index contributed by atoms with van der Waals surface area (Å²) < 4.78 is 2.21. The van der Waals surface area contributed by atoms with Gasteiger partial charge in [-0.05, 0) is 60.9 Å². The number of imidazole rings is 1. The van der Waals surface area contributed by atoms with E-state index in [0.29, 0.717) is 12.0 Å². The highest BCUT2D eigenvalue weighted by Crippen LogP contribution is 2.41. The lowest BCUT2D eigenvalue weighted by Gasteiger charge is -2.34. The van der Waals surface area contributed by atoms with Gasteiger partial charge >= 0.3 is 0 Å². The molecule has 6 rings (SSSR count). The van der Waals surface area contributed by atoms with Gasteiger partial charge in [0.05, 0.1) is 6.33 Å². The topological polar surface area (TPSA) is 59.2 Å². The molecule has 1 aromatic carbocycles. The largest absolute Gasteiger partial charge is 0.312 e. The van der Waals surface area contributed by atoms with Crippen molar-refractivity contribution in [2.75, 3.05) is 13.1 Å². The maximum atomic E-state index is 6.48. The number of halogens is 1. The third-order valence-electron chi connectivity index (χ3n) is 7.28. The minimum Gasteiger partial charge on any atom is -0.312 e. The molecule has 0 radical (unpaired) electrons. The quantitative estimate of drug-likeness (QED) is 0.520. The van der Waals surface area contributed by atoms with Crippen LogP contribution < -0.4 is 0 Å². The van der Waals surface area contributed by atoms with Gasteiger partial charge < -0.3 is 4.57 Å². The molecule has 164 valence electrons. The number of aromatic nitrogens is 4. The van der Waals surface area contributed by atoms with E-state index < -0.39 is 5.66 Å². The molecule has 0 bridgehead atoms. The van der Waals surface area contributed by atoms with Gasteiger partial charge in [-0.1, -0.05) is 43.2 Å². The van der Waals surface area contributed by atoms with Crippen LogP contribution in [0.15, 0.2) is 53.8 Å². The molecule has 1 saturated heterocycles. The fourth-order valence-corrected chi connectivity index (χ4v) is 5.87. The summed E-state index contributed by atoms with van der Waals surface area (Å²) >= 11 is 6.48. The highest BCUT2D eigenvalue weighted by Gasteiger charge is 2.44. The molecule has 2 aliphatic heterocycles. The molecule has 3 aliphatic rings. The Morgan fingerprint density at radius 3 is 2.69 bits per heavy atom. The lowest BCUT2D eigenvalue weighted by Crippen LogP contribution is -2.42. The Labute approximate surface area is 193 Å². The van der Waals surface area contributed by atoms with Crippen molar-refractivity contribution in [3.63, 3.8) is 0 Å². The zero-order chi connectivity index (χ0) is 21.5. The first-order valence-electron chi connectivity index (χ1n) is 11.7. The average Bonchev–Trinajstić information content (AvgIpc) is 3.60. The molecule has 1 aliphatic carbocycles. The molecule has 0 N–H and O–H groups in total. The van der Waals surface area contributed by atoms with Crippen LogP contribution in [0.1, 0.15) is 49.4 Å². The molecule has 32 heavy (non-hydrogen) atoms. The van der Waals surface area contributed by atoms with E-state index in [1.54, 1.807) is 0 Å². The van der Waals surface area contributed by atoms with Gasteiger partial charge in [-0.3, -0.25) is 9.89 Å². The number of aliphatic imine (C=N–C) groups is 1. The van der Waals surface area contributed by atoms with Crippen LogP contribution in [0.3, 0.4) is 0 Å². The van der Waals surface area contributed by atoms with E-state index in [0.717, 1.165) is 42.8 Å². The number of hydrogen-bond acceptors (Lipinski definition) is 5. The van der Waals surface area contributed by atoms with Gasteiger partial charge in [0, 0.05) is 25.3 Å². The SMILES string of the molecule is Clc1nc(C2(N3CCC(Cc4ccccc4)C3)C=CC=N2)c2ncn(C3CCCC3)c2n1. The summed E-state index contributed by atoms with van der Waals surface area (Å²) in [6.07, 6.45) is 15.0. The lowest BCUT2D eigenvalue weighted by molar-refractivity contribution is 0.168. The smallest absolute Gasteiger partial charge is 0.224 e. The Morgan fingerprint density at radius 2 is 1.91 bits per heavy atom. The highest BCUT2D eigenvalue weighted by atomic mass is 35.5. The maximum Gasteiger partial charge on any atom is 0.224 e. The molecule has 2 unspecified atom stereocenters. The van der Waals surface area contributed by atoms with E-state index in [2.05, 4.69) is 50.9 Å². The second-order valence-electron chi connectivity index (χ2n) is 9.26. The molecule has 2 atom stereocenters. The van der Waals surface area contributed by atoms with E-state index in [4.69, 9.17) is 26.6 Å². The van der Waals surface area contributed by atoms with Crippen molar-refractivity contribution in [2.24, 2.45) is 10.9 Å². The summed E-state index contributed by atoms with van der Waals surface area (Å²) in [7, 11) is 0. The van der Waals surface area contributed by atoms with E-state index in [1.165, 1.54) is 31.2 Å². The van der Waals surface area contributed by atoms with E-state index >= 15 is 0 Å². The highest BCUT2D eigenvalue weighted by molar-refractivity contribution is 6.28. The Hall–Kier alpha value is -2.57. The van der Waals surface area contributed by atoms with Crippen molar-refractivity contribution >= 4 is 29.0 Å². The molecular formula is C25H27ClN6. The minimum absolute atomic E-state index is 0.266. The number of fused-ring (bicyclic) bond motifs is 1. The molecule has 0 spiro atoms. The summed E-state index contributed by atoms with van der Waals surface area (Å²) in [5, 5.41) is 0.266. The van der Waals surface area contributed by atoms with Crippen molar-refractivity contribution in [3.8, 4) is 0 Å². The Kier molecular flexibility index (Phi) is 5.07. The first-order valence-corrected chi connectivity index (χ1v) is 12.0. The monoisotopic (exact) mass is 446 g/mol. The Balaban J connectivity index is 1.36. The van der Waals surface area contributed by atoms with Gasteiger partial charge in [0.2, 0.25) is 5.28 Å². The Bertz CT molecular complexity index is 1170. The van der Waals surface area contributed by atoms with Gasteiger partial charge in [0.25, 0.3) is 0 Å². The number of benzene rings is 1. The molecule has 0 amide bonds. The molecular weight excluding hydrogens is 420 g/mol. The van der Waals surface area contributed by atoms with Crippen LogP contribution in [0.4, 0.5) is 0 Å². The Morgan fingerprint density at radius 1 is 1.06 bits per heavy atom. The fourth-order valence-electron chi connectivity index (χ4n) is 5.71. The number of hydrogen-bond donors (Lipinski definition) is 0. The van der Waals surface area contributed by atoms with E-state index in [-0.39, 0.29) is 5.28 Å². The summed E-state index contributed by atoms with van der Waals surface area (Å²) in [6, 6.07) is 11.2. The number of allylic oxidation sites excluding steroid dienone is 1. The zero-order valence-electron chi connectivity index (χ0n) is 18.1. The standard InChI is InChI=1S/C25H27ClN6/c26-24-29-22(21-23(30-24)32(17-27-21)20-9-4-5-10-20)25(12-6-13-28-25)31-14-11-19(16-31)15-18-7-2-1-3-8-18/h1-3,6-8,12-13,17,19-20H,4-5,9-11,14-16H2. The fraction of sp³-hybridized carbons (Fsp3) is 0.440.